The number of benzene rings is 1. The Labute approximate surface area is 145 Å². The second kappa shape index (κ2) is 8.29. The molecule has 1 amide bonds. The van der Waals surface area contributed by atoms with Gasteiger partial charge in [-0.3, -0.25) is 19.5 Å². The Bertz CT molecular complexity index is 841. The van der Waals surface area contributed by atoms with Gasteiger partial charge in [0.15, 0.2) is 0 Å². The van der Waals surface area contributed by atoms with Gasteiger partial charge in [-0.05, 0) is 31.8 Å². The van der Waals surface area contributed by atoms with Gasteiger partial charge in [-0.25, -0.2) is 4.68 Å². The molecular weight excluding hydrogens is 324 g/mol. The van der Waals surface area contributed by atoms with E-state index >= 15 is 0 Å². The summed E-state index contributed by atoms with van der Waals surface area (Å²) in [6.07, 6.45) is 0. The van der Waals surface area contributed by atoms with E-state index in [1.807, 2.05) is 43.3 Å². The summed E-state index contributed by atoms with van der Waals surface area (Å²) in [4.78, 5) is 37.0. The zero-order valence-corrected chi connectivity index (χ0v) is 14.5. The number of carbonyl (C=O) groups excluding carboxylic acids is 1. The van der Waals surface area contributed by atoms with Crippen LogP contribution in [0.3, 0.4) is 0 Å². The van der Waals surface area contributed by atoms with E-state index in [4.69, 9.17) is 4.74 Å². The maximum atomic E-state index is 12.1. The number of nitrogens with one attached hydrogen (secondary N) is 2. The van der Waals surface area contributed by atoms with Crippen LogP contribution < -0.4 is 21.2 Å². The Hall–Kier alpha value is -2.87. The number of carbonyl (C=O) groups is 1. The molecule has 2 rings (SSSR count). The third kappa shape index (κ3) is 5.05. The Kier molecular flexibility index (Phi) is 6.13. The van der Waals surface area contributed by atoms with E-state index in [9.17, 15) is 14.4 Å². The predicted molar refractivity (Wildman–Crippen MR) is 93.8 cm³/mol. The second-order valence-corrected chi connectivity index (χ2v) is 5.79. The van der Waals surface area contributed by atoms with Crippen molar-refractivity contribution in [2.75, 3.05) is 27.7 Å². The summed E-state index contributed by atoms with van der Waals surface area (Å²) < 4.78 is 6.22. The largest absolute Gasteiger partial charge is 0.497 e. The number of methoxy groups -OCH3 is 1. The molecule has 1 aromatic heterocycles. The summed E-state index contributed by atoms with van der Waals surface area (Å²) in [5, 5.41) is 5.12. The molecule has 8 heteroatoms. The first-order chi connectivity index (χ1) is 11.9. The molecule has 0 bridgehead atoms. The van der Waals surface area contributed by atoms with Crippen molar-refractivity contribution in [2.24, 2.45) is 0 Å². The van der Waals surface area contributed by atoms with Crippen LogP contribution in [0.2, 0.25) is 0 Å². The van der Waals surface area contributed by atoms with Gasteiger partial charge in [0, 0.05) is 18.7 Å². The molecule has 0 spiro atoms. The number of amides is 1. The van der Waals surface area contributed by atoms with Crippen molar-refractivity contribution in [3.05, 3.63) is 62.7 Å². The van der Waals surface area contributed by atoms with E-state index in [-0.39, 0.29) is 18.5 Å². The molecule has 134 valence electrons. The highest BCUT2D eigenvalue weighted by atomic mass is 16.5. The van der Waals surface area contributed by atoms with Crippen LogP contribution in [0.4, 0.5) is 0 Å². The summed E-state index contributed by atoms with van der Waals surface area (Å²) in [5.74, 6) is 0.378. The highest BCUT2D eigenvalue weighted by molar-refractivity contribution is 5.75. The molecule has 0 aliphatic rings. The predicted octanol–water partition coefficient (Wildman–Crippen LogP) is -0.0357. The van der Waals surface area contributed by atoms with Gasteiger partial charge in [-0.2, -0.15) is 0 Å². The first-order valence-electron chi connectivity index (χ1n) is 7.78. The van der Waals surface area contributed by atoms with Gasteiger partial charge in [-0.1, -0.05) is 12.1 Å². The average molecular weight is 346 g/mol. The summed E-state index contributed by atoms with van der Waals surface area (Å²) in [5.41, 5.74) is 0.122. The van der Waals surface area contributed by atoms with Crippen LogP contribution in [0.5, 0.6) is 5.75 Å². The van der Waals surface area contributed by atoms with Crippen molar-refractivity contribution in [3.8, 4) is 5.75 Å². The minimum atomic E-state index is -0.438. The van der Waals surface area contributed by atoms with E-state index in [2.05, 4.69) is 10.4 Å². The molecule has 25 heavy (non-hydrogen) atoms. The van der Waals surface area contributed by atoms with Crippen LogP contribution in [0.1, 0.15) is 11.6 Å². The number of nitrogens with zero attached hydrogens (tertiary/aromatic N) is 2. The third-order valence-electron chi connectivity index (χ3n) is 3.78. The molecule has 0 aliphatic carbocycles. The molecule has 0 aliphatic heterocycles. The van der Waals surface area contributed by atoms with Gasteiger partial charge in [0.1, 0.15) is 12.3 Å². The normalized spacial score (nSPS) is 12.0. The number of hydrogen-bond donors (Lipinski definition) is 2. The van der Waals surface area contributed by atoms with Crippen LogP contribution in [-0.4, -0.2) is 48.3 Å². The Balaban J connectivity index is 2.05. The lowest BCUT2D eigenvalue weighted by atomic mass is 10.1. The smallest absolute Gasteiger partial charge is 0.265 e. The quantitative estimate of drug-likeness (QED) is 0.734. The number of aromatic nitrogens is 2. The standard InChI is InChI=1S/C17H22N4O4/c1-20(2)14(12-5-4-6-13(9-12)25-3)10-18-16(23)11-21-17(24)8-7-15(22)19-21/h4-9,14H,10-11H2,1-3H3,(H,18,23)(H,19,22). The third-order valence-corrected chi connectivity index (χ3v) is 3.78. The molecule has 2 N–H and O–H groups in total. The molecule has 8 nitrogen and oxygen atoms in total. The molecular formula is C17H22N4O4. The van der Waals surface area contributed by atoms with Crippen LogP contribution in [-0.2, 0) is 11.3 Å². The SMILES string of the molecule is COc1cccc(C(CNC(=O)Cn2[nH]c(=O)ccc2=O)N(C)C)c1. The van der Waals surface area contributed by atoms with E-state index in [1.165, 1.54) is 0 Å². The zero-order chi connectivity index (χ0) is 18.4. The monoisotopic (exact) mass is 346 g/mol. The fraction of sp³-hybridized carbons (Fsp3) is 0.353. The van der Waals surface area contributed by atoms with Crippen molar-refractivity contribution in [3.63, 3.8) is 0 Å². The van der Waals surface area contributed by atoms with Gasteiger partial charge in [-0.15, -0.1) is 0 Å². The van der Waals surface area contributed by atoms with Crippen molar-refractivity contribution in [1.82, 2.24) is 20.0 Å². The minimum Gasteiger partial charge on any atom is -0.497 e. The van der Waals surface area contributed by atoms with E-state index in [1.54, 1.807) is 7.11 Å². The Morgan fingerprint density at radius 1 is 1.28 bits per heavy atom. The first kappa shape index (κ1) is 18.5. The molecule has 0 saturated heterocycles. The van der Waals surface area contributed by atoms with Crippen molar-refractivity contribution in [2.45, 2.75) is 12.6 Å². The van der Waals surface area contributed by atoms with Crippen LogP contribution in [0.15, 0.2) is 46.0 Å². The molecule has 0 fully saturated rings. The second-order valence-electron chi connectivity index (χ2n) is 5.79. The molecule has 0 saturated carbocycles. The van der Waals surface area contributed by atoms with E-state index in [0.29, 0.717) is 6.54 Å². The van der Waals surface area contributed by atoms with Gasteiger partial charge < -0.3 is 15.0 Å². The number of rotatable bonds is 7. The van der Waals surface area contributed by atoms with Crippen molar-refractivity contribution >= 4 is 5.91 Å². The summed E-state index contributed by atoms with van der Waals surface area (Å²) in [7, 11) is 5.43. The molecule has 0 radical (unpaired) electrons. The van der Waals surface area contributed by atoms with Gasteiger partial charge in [0.2, 0.25) is 5.91 Å². The summed E-state index contributed by atoms with van der Waals surface area (Å²) in [6, 6.07) is 9.81. The van der Waals surface area contributed by atoms with Crippen molar-refractivity contribution in [1.29, 1.82) is 0 Å². The average Bonchev–Trinajstić information content (AvgIpc) is 2.58. The topological polar surface area (TPSA) is 96.4 Å². The zero-order valence-electron chi connectivity index (χ0n) is 14.5. The molecule has 1 atom stereocenters. The number of aromatic amines is 1. The number of H-pyrrole nitrogens is 1. The Morgan fingerprint density at radius 2 is 2.04 bits per heavy atom. The van der Waals surface area contributed by atoms with Crippen LogP contribution in [0.25, 0.3) is 0 Å². The van der Waals surface area contributed by atoms with Crippen LogP contribution >= 0.6 is 0 Å². The Morgan fingerprint density at radius 3 is 2.72 bits per heavy atom. The molecule has 1 heterocycles. The summed E-state index contributed by atoms with van der Waals surface area (Å²) in [6.45, 7) is 0.109. The fourth-order valence-electron chi connectivity index (χ4n) is 2.44. The maximum Gasteiger partial charge on any atom is 0.265 e. The number of ether oxygens (including phenoxy) is 1. The van der Waals surface area contributed by atoms with Crippen molar-refractivity contribution < 1.29 is 9.53 Å². The van der Waals surface area contributed by atoms with Gasteiger partial charge in [0.25, 0.3) is 11.1 Å². The lowest BCUT2D eigenvalue weighted by Crippen LogP contribution is -2.39. The lowest BCUT2D eigenvalue weighted by molar-refractivity contribution is -0.122. The lowest BCUT2D eigenvalue weighted by Gasteiger charge is -2.25. The highest BCUT2D eigenvalue weighted by Crippen LogP contribution is 2.21. The molecule has 1 unspecified atom stereocenters. The molecule has 1 aromatic carbocycles. The number of likely N-dealkylation sites (N-methyl/N-ethyl adjacent to an activating group) is 1. The van der Waals surface area contributed by atoms with Gasteiger partial charge >= 0.3 is 0 Å². The maximum absolute atomic E-state index is 12.1. The number of hydrogen-bond acceptors (Lipinski definition) is 5. The van der Waals surface area contributed by atoms with E-state index < -0.39 is 11.1 Å². The van der Waals surface area contributed by atoms with E-state index in [0.717, 1.165) is 28.1 Å². The highest BCUT2D eigenvalue weighted by Gasteiger charge is 2.16. The first-order valence-corrected chi connectivity index (χ1v) is 7.78. The van der Waals surface area contributed by atoms with Gasteiger partial charge in [0.05, 0.1) is 13.2 Å². The van der Waals surface area contributed by atoms with Crippen LogP contribution in [0, 0.1) is 0 Å². The fourth-order valence-corrected chi connectivity index (χ4v) is 2.44. The molecule has 2 aromatic rings. The minimum absolute atomic E-state index is 0.0643. The summed E-state index contributed by atoms with van der Waals surface area (Å²) >= 11 is 0.